The van der Waals surface area contributed by atoms with Gasteiger partial charge >= 0.3 is 0 Å². The van der Waals surface area contributed by atoms with Gasteiger partial charge in [-0.05, 0) is 48.7 Å². The maximum Gasteiger partial charge on any atom is 0.238 e. The minimum Gasteiger partial charge on any atom is -0.378 e. The summed E-state index contributed by atoms with van der Waals surface area (Å²) < 4.78 is 28.4. The van der Waals surface area contributed by atoms with Gasteiger partial charge in [-0.3, -0.25) is 0 Å². The molecule has 0 amide bonds. The highest BCUT2D eigenvalue weighted by atomic mass is 32.2. The van der Waals surface area contributed by atoms with E-state index in [9.17, 15) is 8.42 Å². The third kappa shape index (κ3) is 5.56. The van der Waals surface area contributed by atoms with Crippen molar-refractivity contribution in [3.05, 3.63) is 59.7 Å². The fourth-order valence-corrected chi connectivity index (χ4v) is 4.56. The molecule has 0 spiro atoms. The van der Waals surface area contributed by atoms with E-state index in [0.29, 0.717) is 49.2 Å². The number of hydrogen-bond donors (Lipinski definition) is 4. The smallest absolute Gasteiger partial charge is 0.238 e. The summed E-state index contributed by atoms with van der Waals surface area (Å²) in [5.41, 5.74) is 4.37. The van der Waals surface area contributed by atoms with E-state index in [0.717, 1.165) is 35.7 Å². The first-order valence-electron chi connectivity index (χ1n) is 11.6. The number of aromatic amines is 1. The second-order valence-corrected chi connectivity index (χ2v) is 10.2. The highest BCUT2D eigenvalue weighted by Crippen LogP contribution is 2.27. The molecule has 1 fully saturated rings. The number of anilines is 4. The first kappa shape index (κ1) is 24.0. The molecule has 188 valence electrons. The standard InChI is InChI=1S/C24H28N8O3S/c1-16-3-2-4-18(15-16)27-24-28-20-21(30-24)29-23(31-22(20)32-11-13-35-14-12-32)26-10-9-17-5-7-19(8-6-17)36(25,33)34/h2-8,15H,9-14H2,1H3,(H2,25,33,34)(H3,26,27,28,29,30,31). The SMILES string of the molecule is Cc1cccc(Nc2nc3c(N4CCOCC4)nc(NCCc4ccc(S(N)(=O)=O)cc4)nc3[nH]2)c1. The minimum atomic E-state index is -3.70. The lowest BCUT2D eigenvalue weighted by Gasteiger charge is -2.28. The zero-order chi connectivity index (χ0) is 25.1. The van der Waals surface area contributed by atoms with Crippen LogP contribution < -0.4 is 20.7 Å². The summed E-state index contributed by atoms with van der Waals surface area (Å²) in [5.74, 6) is 1.82. The molecule has 1 saturated heterocycles. The zero-order valence-corrected chi connectivity index (χ0v) is 20.7. The van der Waals surface area contributed by atoms with Crippen molar-refractivity contribution in [2.45, 2.75) is 18.2 Å². The molecule has 0 unspecified atom stereocenters. The van der Waals surface area contributed by atoms with E-state index in [-0.39, 0.29) is 4.90 Å². The Morgan fingerprint density at radius 1 is 1.08 bits per heavy atom. The summed E-state index contributed by atoms with van der Waals surface area (Å²) in [6.07, 6.45) is 0.655. The van der Waals surface area contributed by atoms with Gasteiger partial charge in [0.25, 0.3) is 0 Å². The van der Waals surface area contributed by atoms with Gasteiger partial charge in [0, 0.05) is 25.3 Å². The van der Waals surface area contributed by atoms with Gasteiger partial charge < -0.3 is 25.3 Å². The van der Waals surface area contributed by atoms with Gasteiger partial charge in [-0.1, -0.05) is 24.3 Å². The zero-order valence-electron chi connectivity index (χ0n) is 19.9. The second kappa shape index (κ2) is 10.1. The quantitative estimate of drug-likeness (QED) is 0.281. The molecule has 2 aromatic heterocycles. The van der Waals surface area contributed by atoms with Crippen LogP contribution in [0, 0.1) is 6.92 Å². The van der Waals surface area contributed by atoms with Crippen molar-refractivity contribution in [3.8, 4) is 0 Å². The predicted octanol–water partition coefficient (Wildman–Crippen LogP) is 2.54. The molecule has 12 heteroatoms. The molecule has 5 rings (SSSR count). The van der Waals surface area contributed by atoms with Crippen LogP contribution in [0.5, 0.6) is 0 Å². The van der Waals surface area contributed by atoms with Crippen LogP contribution in [-0.2, 0) is 21.2 Å². The highest BCUT2D eigenvalue weighted by molar-refractivity contribution is 7.89. The van der Waals surface area contributed by atoms with E-state index in [2.05, 4.69) is 25.5 Å². The molecule has 3 heterocycles. The molecule has 0 bridgehead atoms. The molecular weight excluding hydrogens is 480 g/mol. The largest absolute Gasteiger partial charge is 0.378 e. The molecule has 5 N–H and O–H groups in total. The van der Waals surface area contributed by atoms with Crippen molar-refractivity contribution in [1.82, 2.24) is 19.9 Å². The van der Waals surface area contributed by atoms with Crippen LogP contribution in [0.2, 0.25) is 0 Å². The van der Waals surface area contributed by atoms with Crippen molar-refractivity contribution in [3.63, 3.8) is 0 Å². The Hall–Kier alpha value is -3.74. The van der Waals surface area contributed by atoms with Crippen molar-refractivity contribution in [1.29, 1.82) is 0 Å². The van der Waals surface area contributed by atoms with Gasteiger partial charge in [-0.15, -0.1) is 0 Å². The van der Waals surface area contributed by atoms with Crippen molar-refractivity contribution < 1.29 is 13.2 Å². The van der Waals surface area contributed by atoms with Crippen LogP contribution >= 0.6 is 0 Å². The number of morpholine rings is 1. The number of nitrogens with zero attached hydrogens (tertiary/aromatic N) is 4. The van der Waals surface area contributed by atoms with Gasteiger partial charge in [0.1, 0.15) is 0 Å². The topological polar surface area (TPSA) is 151 Å². The summed E-state index contributed by atoms with van der Waals surface area (Å²) in [7, 11) is -3.70. The number of nitrogens with two attached hydrogens (primary N) is 1. The molecule has 0 radical (unpaired) electrons. The number of benzene rings is 2. The molecule has 1 aliphatic heterocycles. The number of ether oxygens (including phenoxy) is 1. The molecule has 0 saturated carbocycles. The van der Waals surface area contributed by atoms with Gasteiger partial charge in [0.05, 0.1) is 18.1 Å². The van der Waals surface area contributed by atoms with Gasteiger partial charge in [0.2, 0.25) is 21.9 Å². The lowest BCUT2D eigenvalue weighted by atomic mass is 10.1. The lowest BCUT2D eigenvalue weighted by Crippen LogP contribution is -2.37. The van der Waals surface area contributed by atoms with Gasteiger partial charge in [0.15, 0.2) is 17.0 Å². The van der Waals surface area contributed by atoms with E-state index in [4.69, 9.17) is 19.8 Å². The molecule has 11 nitrogen and oxygen atoms in total. The van der Waals surface area contributed by atoms with Crippen LogP contribution in [0.4, 0.5) is 23.4 Å². The summed E-state index contributed by atoms with van der Waals surface area (Å²) >= 11 is 0. The monoisotopic (exact) mass is 508 g/mol. The van der Waals surface area contributed by atoms with E-state index in [1.54, 1.807) is 12.1 Å². The highest BCUT2D eigenvalue weighted by Gasteiger charge is 2.20. The molecule has 0 atom stereocenters. The van der Waals surface area contributed by atoms with E-state index in [1.807, 2.05) is 31.2 Å². The lowest BCUT2D eigenvalue weighted by molar-refractivity contribution is 0.122. The number of H-pyrrole nitrogens is 1. The fourth-order valence-electron chi connectivity index (χ4n) is 4.04. The molecule has 1 aliphatic rings. The summed E-state index contributed by atoms with van der Waals surface area (Å²) in [5, 5.41) is 11.8. The Kier molecular flexibility index (Phi) is 6.72. The van der Waals surface area contributed by atoms with Gasteiger partial charge in [-0.2, -0.15) is 9.97 Å². The first-order chi connectivity index (χ1) is 17.3. The maximum atomic E-state index is 11.5. The number of aromatic nitrogens is 4. The average molecular weight is 509 g/mol. The summed E-state index contributed by atoms with van der Waals surface area (Å²) in [6, 6.07) is 14.6. The van der Waals surface area contributed by atoms with E-state index in [1.165, 1.54) is 12.1 Å². The fraction of sp³-hybridized carbons (Fsp3) is 0.292. The number of rotatable bonds is 8. The Bertz CT molecular complexity index is 1460. The number of nitrogens with one attached hydrogen (secondary N) is 3. The number of aryl methyl sites for hydroxylation is 1. The minimum absolute atomic E-state index is 0.0949. The number of hydrogen-bond acceptors (Lipinski definition) is 9. The van der Waals surface area contributed by atoms with Crippen molar-refractivity contribution >= 4 is 44.6 Å². The average Bonchev–Trinajstić information content (AvgIpc) is 3.26. The molecule has 2 aromatic carbocycles. The number of imidazole rings is 1. The van der Waals surface area contributed by atoms with Crippen LogP contribution in [0.3, 0.4) is 0 Å². The molecular formula is C24H28N8O3S. The Morgan fingerprint density at radius 2 is 1.86 bits per heavy atom. The van der Waals surface area contributed by atoms with Crippen molar-refractivity contribution in [2.75, 3.05) is 48.4 Å². The molecule has 36 heavy (non-hydrogen) atoms. The first-order valence-corrected chi connectivity index (χ1v) is 13.2. The van der Waals surface area contributed by atoms with Crippen LogP contribution in [0.1, 0.15) is 11.1 Å². The number of sulfonamides is 1. The van der Waals surface area contributed by atoms with Crippen LogP contribution in [-0.4, -0.2) is 61.2 Å². The Morgan fingerprint density at radius 3 is 2.58 bits per heavy atom. The Balaban J connectivity index is 1.37. The van der Waals surface area contributed by atoms with Gasteiger partial charge in [-0.25, -0.2) is 18.5 Å². The summed E-state index contributed by atoms with van der Waals surface area (Å²) in [4.78, 5) is 19.7. The predicted molar refractivity (Wildman–Crippen MR) is 139 cm³/mol. The molecule has 4 aromatic rings. The van der Waals surface area contributed by atoms with Crippen LogP contribution in [0.15, 0.2) is 53.4 Å². The third-order valence-electron chi connectivity index (χ3n) is 5.87. The van der Waals surface area contributed by atoms with Crippen LogP contribution in [0.25, 0.3) is 11.2 Å². The van der Waals surface area contributed by atoms with Crippen molar-refractivity contribution in [2.24, 2.45) is 5.14 Å². The molecule has 0 aliphatic carbocycles. The third-order valence-corrected chi connectivity index (χ3v) is 6.80. The van der Waals surface area contributed by atoms with E-state index >= 15 is 0 Å². The maximum absolute atomic E-state index is 11.5. The number of primary sulfonamides is 1. The normalized spacial score (nSPS) is 14.2. The van der Waals surface area contributed by atoms with E-state index < -0.39 is 10.0 Å². The second-order valence-electron chi connectivity index (χ2n) is 8.61. The Labute approximate surface area is 209 Å². The number of fused-ring (bicyclic) bond motifs is 1. The summed E-state index contributed by atoms with van der Waals surface area (Å²) in [6.45, 7) is 5.29.